The van der Waals surface area contributed by atoms with Crippen LogP contribution in [0.5, 0.6) is 0 Å². The number of hydrogen-bond donors (Lipinski definition) is 2. The van der Waals surface area contributed by atoms with Crippen LogP contribution in [0, 0.1) is 0 Å². The molecular weight excluding hydrogens is 276 g/mol. The van der Waals surface area contributed by atoms with E-state index in [-0.39, 0.29) is 18.3 Å². The molecule has 0 saturated carbocycles. The van der Waals surface area contributed by atoms with E-state index < -0.39 is 5.60 Å². The van der Waals surface area contributed by atoms with Gasteiger partial charge in [0.2, 0.25) is 0 Å². The van der Waals surface area contributed by atoms with Gasteiger partial charge in [-0.2, -0.15) is 0 Å². The number of amides is 1. The molecule has 1 aliphatic rings. The van der Waals surface area contributed by atoms with Crippen molar-refractivity contribution in [2.24, 2.45) is 0 Å². The first-order valence-corrected chi connectivity index (χ1v) is 6.85. The molecule has 0 unspecified atom stereocenters. The van der Waals surface area contributed by atoms with Crippen molar-refractivity contribution in [1.82, 2.24) is 10.6 Å². The molecule has 0 aromatic heterocycles. The molecule has 1 aromatic rings. The van der Waals surface area contributed by atoms with Gasteiger partial charge in [-0.1, -0.05) is 30.3 Å². The number of piperidine rings is 1. The van der Waals surface area contributed by atoms with Gasteiger partial charge in [0.05, 0.1) is 0 Å². The van der Waals surface area contributed by atoms with E-state index in [1.165, 1.54) is 5.56 Å². The summed E-state index contributed by atoms with van der Waals surface area (Å²) < 4.78 is 5.49. The molecule has 0 radical (unpaired) electrons. The summed E-state index contributed by atoms with van der Waals surface area (Å²) in [5.41, 5.74) is 0.599. The Labute approximate surface area is 126 Å². The number of carbonyl (C=O) groups is 1. The number of methoxy groups -OCH3 is 1. The van der Waals surface area contributed by atoms with E-state index in [0.717, 1.165) is 32.4 Å². The van der Waals surface area contributed by atoms with Gasteiger partial charge < -0.3 is 15.4 Å². The summed E-state index contributed by atoms with van der Waals surface area (Å²) in [5, 5.41) is 6.25. The Balaban J connectivity index is 0.00000200. The van der Waals surface area contributed by atoms with Crippen LogP contribution in [-0.4, -0.2) is 38.3 Å². The molecule has 4 nitrogen and oxygen atoms in total. The molecule has 5 heteroatoms. The Kier molecular flexibility index (Phi) is 6.99. The van der Waals surface area contributed by atoms with Crippen molar-refractivity contribution in [2.75, 3.05) is 26.7 Å². The molecule has 20 heavy (non-hydrogen) atoms. The highest BCUT2D eigenvalue weighted by atomic mass is 35.5. The molecule has 0 aliphatic carbocycles. The number of benzene rings is 1. The predicted octanol–water partition coefficient (Wildman–Crippen LogP) is 1.54. The summed E-state index contributed by atoms with van der Waals surface area (Å²) >= 11 is 0. The number of halogens is 1. The highest BCUT2D eigenvalue weighted by Gasteiger charge is 2.39. The second-order valence-corrected chi connectivity index (χ2v) is 4.94. The summed E-state index contributed by atoms with van der Waals surface area (Å²) in [5.74, 6) is 0.0208. The van der Waals surface area contributed by atoms with Gasteiger partial charge in [0, 0.05) is 13.7 Å². The maximum Gasteiger partial charge on any atom is 0.252 e. The molecule has 0 atom stereocenters. The average Bonchev–Trinajstić information content (AvgIpc) is 2.49. The van der Waals surface area contributed by atoms with Crippen molar-refractivity contribution in [2.45, 2.75) is 24.9 Å². The first-order valence-electron chi connectivity index (χ1n) is 6.85. The van der Waals surface area contributed by atoms with Gasteiger partial charge >= 0.3 is 0 Å². The van der Waals surface area contributed by atoms with Gasteiger partial charge in [0.1, 0.15) is 5.60 Å². The normalized spacial score (nSPS) is 17.1. The molecule has 2 rings (SSSR count). The van der Waals surface area contributed by atoms with Crippen molar-refractivity contribution < 1.29 is 9.53 Å². The van der Waals surface area contributed by atoms with Crippen LogP contribution in [0.15, 0.2) is 30.3 Å². The first kappa shape index (κ1) is 17.0. The second kappa shape index (κ2) is 8.25. The van der Waals surface area contributed by atoms with Crippen LogP contribution in [-0.2, 0) is 16.0 Å². The molecule has 1 aromatic carbocycles. The number of rotatable bonds is 5. The Morgan fingerprint density at radius 3 is 2.55 bits per heavy atom. The van der Waals surface area contributed by atoms with E-state index in [0.29, 0.717) is 6.54 Å². The van der Waals surface area contributed by atoms with Crippen LogP contribution in [0.4, 0.5) is 0 Å². The molecule has 0 spiro atoms. The zero-order chi connectivity index (χ0) is 13.6. The number of carbonyl (C=O) groups excluding carboxylic acids is 1. The highest BCUT2D eigenvalue weighted by molar-refractivity contribution is 5.85. The lowest BCUT2D eigenvalue weighted by Crippen LogP contribution is -2.54. The van der Waals surface area contributed by atoms with Crippen molar-refractivity contribution in [3.05, 3.63) is 35.9 Å². The number of ether oxygens (including phenoxy) is 1. The van der Waals surface area contributed by atoms with E-state index in [1.807, 2.05) is 18.2 Å². The Morgan fingerprint density at radius 2 is 1.95 bits per heavy atom. The van der Waals surface area contributed by atoms with E-state index in [2.05, 4.69) is 22.8 Å². The third-order valence-corrected chi connectivity index (χ3v) is 3.76. The minimum absolute atomic E-state index is 0. The average molecular weight is 299 g/mol. The minimum Gasteiger partial charge on any atom is -0.368 e. The molecule has 112 valence electrons. The largest absolute Gasteiger partial charge is 0.368 e. The topological polar surface area (TPSA) is 50.4 Å². The smallest absolute Gasteiger partial charge is 0.252 e. The van der Waals surface area contributed by atoms with Crippen molar-refractivity contribution >= 4 is 18.3 Å². The van der Waals surface area contributed by atoms with E-state index in [4.69, 9.17) is 4.74 Å². The summed E-state index contributed by atoms with van der Waals surface area (Å²) in [6, 6.07) is 10.2. The predicted molar refractivity (Wildman–Crippen MR) is 82.2 cm³/mol. The Bertz CT molecular complexity index is 406. The van der Waals surface area contributed by atoms with E-state index in [9.17, 15) is 4.79 Å². The summed E-state index contributed by atoms with van der Waals surface area (Å²) in [7, 11) is 1.63. The lowest BCUT2D eigenvalue weighted by atomic mass is 9.91. The zero-order valence-corrected chi connectivity index (χ0v) is 12.7. The van der Waals surface area contributed by atoms with Gasteiger partial charge in [-0.15, -0.1) is 12.4 Å². The zero-order valence-electron chi connectivity index (χ0n) is 11.9. The van der Waals surface area contributed by atoms with Crippen LogP contribution in [0.1, 0.15) is 18.4 Å². The van der Waals surface area contributed by atoms with Crippen molar-refractivity contribution in [3.8, 4) is 0 Å². The lowest BCUT2D eigenvalue weighted by Gasteiger charge is -2.34. The van der Waals surface area contributed by atoms with Gasteiger partial charge in [-0.05, 0) is 37.9 Å². The third-order valence-electron chi connectivity index (χ3n) is 3.76. The highest BCUT2D eigenvalue weighted by Crippen LogP contribution is 2.22. The fourth-order valence-corrected chi connectivity index (χ4v) is 2.48. The molecule has 2 N–H and O–H groups in total. The second-order valence-electron chi connectivity index (χ2n) is 4.94. The van der Waals surface area contributed by atoms with E-state index in [1.54, 1.807) is 7.11 Å². The van der Waals surface area contributed by atoms with Crippen molar-refractivity contribution in [1.29, 1.82) is 0 Å². The fraction of sp³-hybridized carbons (Fsp3) is 0.533. The maximum atomic E-state index is 12.3. The maximum absolute atomic E-state index is 12.3. The van der Waals surface area contributed by atoms with Crippen LogP contribution in [0.2, 0.25) is 0 Å². The minimum atomic E-state index is -0.637. The summed E-state index contributed by atoms with van der Waals surface area (Å²) in [4.78, 5) is 12.3. The number of hydrogen-bond acceptors (Lipinski definition) is 3. The molecule has 1 saturated heterocycles. The Morgan fingerprint density at radius 1 is 1.30 bits per heavy atom. The SMILES string of the molecule is COC1(C(=O)NCCc2ccccc2)CCNCC1.Cl. The van der Waals surface area contributed by atoms with E-state index >= 15 is 0 Å². The molecule has 1 amide bonds. The summed E-state index contributed by atoms with van der Waals surface area (Å²) in [6.45, 7) is 2.32. The standard InChI is InChI=1S/C15H22N2O2.ClH/c1-19-15(8-11-16-12-9-15)14(18)17-10-7-13-5-3-2-4-6-13;/h2-6,16H,7-12H2,1H3,(H,17,18);1H. The van der Waals surface area contributed by atoms with Gasteiger partial charge in [-0.3, -0.25) is 4.79 Å². The Hall–Kier alpha value is -1.10. The molecule has 0 bridgehead atoms. The molecule has 1 heterocycles. The van der Waals surface area contributed by atoms with Crippen LogP contribution < -0.4 is 10.6 Å². The van der Waals surface area contributed by atoms with Crippen molar-refractivity contribution in [3.63, 3.8) is 0 Å². The van der Waals surface area contributed by atoms with Gasteiger partial charge in [0.25, 0.3) is 5.91 Å². The van der Waals surface area contributed by atoms with Crippen LogP contribution in [0.3, 0.4) is 0 Å². The van der Waals surface area contributed by atoms with Crippen LogP contribution >= 0.6 is 12.4 Å². The van der Waals surface area contributed by atoms with Gasteiger partial charge in [0.15, 0.2) is 0 Å². The molecule has 1 fully saturated rings. The summed E-state index contributed by atoms with van der Waals surface area (Å²) in [6.07, 6.45) is 2.33. The van der Waals surface area contributed by atoms with Crippen LogP contribution in [0.25, 0.3) is 0 Å². The molecule has 1 aliphatic heterocycles. The lowest BCUT2D eigenvalue weighted by molar-refractivity contribution is -0.146. The van der Waals surface area contributed by atoms with Gasteiger partial charge in [-0.25, -0.2) is 0 Å². The molecular formula is C15H23ClN2O2. The first-order chi connectivity index (χ1) is 9.27. The fourth-order valence-electron chi connectivity index (χ4n) is 2.48. The number of nitrogens with one attached hydrogen (secondary N) is 2. The quantitative estimate of drug-likeness (QED) is 0.867. The third kappa shape index (κ3) is 4.20. The monoisotopic (exact) mass is 298 g/mol.